The average molecular weight is 274 g/mol. The second-order valence-corrected chi connectivity index (χ2v) is 4.59. The standard InChI is InChI=1S/C15H18N2O3/c1-11-8-13(15(19)17(16-11)6-7-18)9-12-4-3-5-14(10-12)20-2/h3-5,8,10,18H,6-7,9H2,1-2H3. The molecule has 5 heteroatoms. The van der Waals surface area contributed by atoms with Crippen LogP contribution < -0.4 is 10.3 Å². The Bertz CT molecular complexity index is 650. The third-order valence-corrected chi connectivity index (χ3v) is 3.01. The van der Waals surface area contributed by atoms with Crippen LogP contribution in [0.1, 0.15) is 16.8 Å². The van der Waals surface area contributed by atoms with Gasteiger partial charge in [0.2, 0.25) is 0 Å². The van der Waals surface area contributed by atoms with Gasteiger partial charge in [0.05, 0.1) is 26.0 Å². The van der Waals surface area contributed by atoms with Crippen LogP contribution in [-0.2, 0) is 13.0 Å². The van der Waals surface area contributed by atoms with Gasteiger partial charge in [0.25, 0.3) is 5.56 Å². The van der Waals surface area contributed by atoms with Crippen molar-refractivity contribution in [1.29, 1.82) is 0 Å². The number of aryl methyl sites for hydroxylation is 1. The van der Waals surface area contributed by atoms with E-state index in [2.05, 4.69) is 5.10 Å². The number of aromatic nitrogens is 2. The van der Waals surface area contributed by atoms with E-state index in [4.69, 9.17) is 9.84 Å². The van der Waals surface area contributed by atoms with Crippen molar-refractivity contribution >= 4 is 0 Å². The van der Waals surface area contributed by atoms with Crippen LogP contribution in [0, 0.1) is 6.92 Å². The average Bonchev–Trinajstić information content (AvgIpc) is 2.44. The largest absolute Gasteiger partial charge is 0.497 e. The molecule has 2 rings (SSSR count). The fourth-order valence-corrected chi connectivity index (χ4v) is 2.12. The first kappa shape index (κ1) is 14.3. The molecule has 0 fully saturated rings. The minimum absolute atomic E-state index is 0.102. The number of ether oxygens (including phenoxy) is 1. The van der Waals surface area contributed by atoms with E-state index < -0.39 is 0 Å². The van der Waals surface area contributed by atoms with E-state index in [0.29, 0.717) is 12.0 Å². The summed E-state index contributed by atoms with van der Waals surface area (Å²) in [7, 11) is 1.62. The van der Waals surface area contributed by atoms with Crippen LogP contribution in [-0.4, -0.2) is 28.6 Å². The van der Waals surface area contributed by atoms with Crippen LogP contribution in [0.3, 0.4) is 0 Å². The molecule has 0 spiro atoms. The first-order valence-corrected chi connectivity index (χ1v) is 6.45. The molecule has 1 N–H and O–H groups in total. The Kier molecular flexibility index (Phi) is 4.53. The molecular formula is C15H18N2O3. The van der Waals surface area contributed by atoms with Crippen molar-refractivity contribution in [3.63, 3.8) is 0 Å². The van der Waals surface area contributed by atoms with Gasteiger partial charge < -0.3 is 9.84 Å². The van der Waals surface area contributed by atoms with E-state index in [9.17, 15) is 4.79 Å². The maximum Gasteiger partial charge on any atom is 0.270 e. The van der Waals surface area contributed by atoms with Crippen molar-refractivity contribution in [3.8, 4) is 5.75 Å². The van der Waals surface area contributed by atoms with E-state index in [1.54, 1.807) is 13.2 Å². The van der Waals surface area contributed by atoms with Crippen molar-refractivity contribution in [2.75, 3.05) is 13.7 Å². The topological polar surface area (TPSA) is 64.3 Å². The zero-order valence-electron chi connectivity index (χ0n) is 11.7. The molecule has 0 saturated carbocycles. The molecule has 0 radical (unpaired) electrons. The molecule has 0 aliphatic heterocycles. The number of benzene rings is 1. The van der Waals surface area contributed by atoms with Crippen molar-refractivity contribution < 1.29 is 9.84 Å². The van der Waals surface area contributed by atoms with E-state index in [0.717, 1.165) is 17.0 Å². The van der Waals surface area contributed by atoms with Crippen molar-refractivity contribution in [3.05, 3.63) is 57.5 Å². The maximum absolute atomic E-state index is 12.2. The van der Waals surface area contributed by atoms with Gasteiger partial charge in [-0.3, -0.25) is 4.79 Å². The van der Waals surface area contributed by atoms with Crippen molar-refractivity contribution in [1.82, 2.24) is 9.78 Å². The summed E-state index contributed by atoms with van der Waals surface area (Å²) in [6.45, 7) is 1.95. The smallest absolute Gasteiger partial charge is 0.270 e. The minimum atomic E-state index is -0.160. The maximum atomic E-state index is 12.2. The molecule has 20 heavy (non-hydrogen) atoms. The number of aliphatic hydroxyl groups excluding tert-OH is 1. The van der Waals surface area contributed by atoms with E-state index >= 15 is 0 Å². The molecule has 0 amide bonds. The molecule has 0 saturated heterocycles. The zero-order chi connectivity index (χ0) is 14.5. The summed E-state index contributed by atoms with van der Waals surface area (Å²) in [6.07, 6.45) is 0.519. The Morgan fingerprint density at radius 1 is 1.35 bits per heavy atom. The summed E-state index contributed by atoms with van der Waals surface area (Å²) < 4.78 is 6.49. The Hall–Kier alpha value is -2.14. The molecule has 1 heterocycles. The Labute approximate surface area is 117 Å². The predicted octanol–water partition coefficient (Wildman–Crippen LogP) is 1.14. The molecule has 0 aliphatic rings. The van der Waals surface area contributed by atoms with E-state index in [1.807, 2.05) is 31.2 Å². The lowest BCUT2D eigenvalue weighted by Gasteiger charge is -2.08. The monoisotopic (exact) mass is 274 g/mol. The highest BCUT2D eigenvalue weighted by Crippen LogP contribution is 2.15. The van der Waals surface area contributed by atoms with Gasteiger partial charge >= 0.3 is 0 Å². The number of hydrogen-bond donors (Lipinski definition) is 1. The van der Waals surface area contributed by atoms with E-state index in [1.165, 1.54) is 4.68 Å². The first-order valence-electron chi connectivity index (χ1n) is 6.45. The summed E-state index contributed by atoms with van der Waals surface area (Å²) >= 11 is 0. The highest BCUT2D eigenvalue weighted by Gasteiger charge is 2.08. The number of nitrogens with zero attached hydrogens (tertiary/aromatic N) is 2. The minimum Gasteiger partial charge on any atom is -0.497 e. The zero-order valence-corrected chi connectivity index (χ0v) is 11.7. The second kappa shape index (κ2) is 6.34. The third kappa shape index (κ3) is 3.24. The molecule has 106 valence electrons. The third-order valence-electron chi connectivity index (χ3n) is 3.01. The van der Waals surface area contributed by atoms with Crippen LogP contribution in [0.4, 0.5) is 0 Å². The number of aliphatic hydroxyl groups is 1. The fourth-order valence-electron chi connectivity index (χ4n) is 2.12. The Morgan fingerprint density at radius 3 is 2.85 bits per heavy atom. The van der Waals surface area contributed by atoms with Crippen LogP contribution in [0.15, 0.2) is 35.1 Å². The molecule has 2 aromatic rings. The molecule has 0 aliphatic carbocycles. The van der Waals surface area contributed by atoms with Gasteiger partial charge in [-0.25, -0.2) is 4.68 Å². The summed E-state index contributed by atoms with van der Waals surface area (Å²) in [6, 6.07) is 9.41. The Balaban J connectivity index is 2.35. The van der Waals surface area contributed by atoms with Crippen LogP contribution >= 0.6 is 0 Å². The van der Waals surface area contributed by atoms with Crippen molar-refractivity contribution in [2.24, 2.45) is 0 Å². The first-order chi connectivity index (χ1) is 9.63. The van der Waals surface area contributed by atoms with Crippen LogP contribution in [0.2, 0.25) is 0 Å². The molecule has 1 aromatic carbocycles. The number of rotatable bonds is 5. The molecular weight excluding hydrogens is 256 g/mol. The number of hydrogen-bond acceptors (Lipinski definition) is 4. The second-order valence-electron chi connectivity index (χ2n) is 4.59. The summed E-state index contributed by atoms with van der Waals surface area (Å²) in [5.74, 6) is 0.768. The lowest BCUT2D eigenvalue weighted by molar-refractivity contribution is 0.265. The predicted molar refractivity (Wildman–Crippen MR) is 76.1 cm³/mol. The highest BCUT2D eigenvalue weighted by molar-refractivity contribution is 5.32. The van der Waals surface area contributed by atoms with Gasteiger partial charge in [0, 0.05) is 12.0 Å². The van der Waals surface area contributed by atoms with Gasteiger partial charge in [-0.2, -0.15) is 5.10 Å². The SMILES string of the molecule is COc1cccc(Cc2cc(C)nn(CCO)c2=O)c1. The van der Waals surface area contributed by atoms with Crippen molar-refractivity contribution in [2.45, 2.75) is 19.9 Å². The van der Waals surface area contributed by atoms with Gasteiger partial charge in [0.1, 0.15) is 5.75 Å². The molecule has 5 nitrogen and oxygen atoms in total. The lowest BCUT2D eigenvalue weighted by Crippen LogP contribution is -2.28. The normalized spacial score (nSPS) is 10.6. The fraction of sp³-hybridized carbons (Fsp3) is 0.333. The van der Waals surface area contributed by atoms with Gasteiger partial charge in [-0.15, -0.1) is 0 Å². The quantitative estimate of drug-likeness (QED) is 0.888. The summed E-state index contributed by atoms with van der Waals surface area (Å²) in [5.41, 5.74) is 2.27. The molecule has 0 unspecified atom stereocenters. The van der Waals surface area contributed by atoms with E-state index in [-0.39, 0.29) is 18.7 Å². The van der Waals surface area contributed by atoms with Gasteiger partial charge in [0.15, 0.2) is 0 Å². The molecule has 0 bridgehead atoms. The van der Waals surface area contributed by atoms with Gasteiger partial charge in [-0.1, -0.05) is 12.1 Å². The highest BCUT2D eigenvalue weighted by atomic mass is 16.5. The molecule has 0 atom stereocenters. The van der Waals surface area contributed by atoms with Crippen LogP contribution in [0.5, 0.6) is 5.75 Å². The van der Waals surface area contributed by atoms with Crippen LogP contribution in [0.25, 0.3) is 0 Å². The summed E-state index contributed by atoms with van der Waals surface area (Å²) in [5, 5.41) is 13.1. The number of methoxy groups -OCH3 is 1. The van der Waals surface area contributed by atoms with Gasteiger partial charge in [-0.05, 0) is 30.7 Å². The summed E-state index contributed by atoms with van der Waals surface area (Å²) in [4.78, 5) is 12.2. The molecule has 1 aromatic heterocycles. The Morgan fingerprint density at radius 2 is 2.15 bits per heavy atom. The lowest BCUT2D eigenvalue weighted by atomic mass is 10.1.